The lowest BCUT2D eigenvalue weighted by Crippen LogP contribution is -2.48. The number of alkyl halides is 3. The Balaban J connectivity index is 1.41. The van der Waals surface area contributed by atoms with Crippen LogP contribution < -0.4 is 14.7 Å². The summed E-state index contributed by atoms with van der Waals surface area (Å²) >= 11 is 6.04. The zero-order valence-electron chi connectivity index (χ0n) is 18.3. The summed E-state index contributed by atoms with van der Waals surface area (Å²) < 4.78 is 40.4. The van der Waals surface area contributed by atoms with Gasteiger partial charge < -0.3 is 14.7 Å². The van der Waals surface area contributed by atoms with Crippen LogP contribution in [0.2, 0.25) is 5.02 Å². The van der Waals surface area contributed by atoms with Gasteiger partial charge in [-0.25, -0.2) is 4.98 Å². The standard InChI is InChI=1S/C23H23ClF3N7/c24-17-7-5-16(6-8-17)19-29-21(33-10-1-2-11-33)31-22(30-19)34-14-12-32(13-15-34)20-18(23(25,26)27)4-3-9-28-20/h3-9H,1-2,10-15H2. The summed E-state index contributed by atoms with van der Waals surface area (Å²) in [6.07, 6.45) is -0.889. The van der Waals surface area contributed by atoms with Crippen molar-refractivity contribution >= 4 is 29.3 Å². The molecule has 4 heterocycles. The lowest BCUT2D eigenvalue weighted by atomic mass is 10.2. The number of hydrogen-bond acceptors (Lipinski definition) is 7. The molecule has 0 amide bonds. The molecule has 2 aliphatic rings. The molecule has 0 atom stereocenters. The molecule has 11 heteroatoms. The third-order valence-corrected chi connectivity index (χ3v) is 6.31. The second-order valence-corrected chi connectivity index (χ2v) is 8.74. The van der Waals surface area contributed by atoms with Crippen molar-refractivity contribution in [3.05, 3.63) is 53.2 Å². The fraction of sp³-hybridized carbons (Fsp3) is 0.391. The van der Waals surface area contributed by atoms with Gasteiger partial charge in [-0.2, -0.15) is 28.1 Å². The van der Waals surface area contributed by atoms with Crippen LogP contribution >= 0.6 is 11.6 Å². The van der Waals surface area contributed by atoms with Crippen LogP contribution in [0.1, 0.15) is 18.4 Å². The van der Waals surface area contributed by atoms with E-state index in [1.54, 1.807) is 17.0 Å². The Morgan fingerprint density at radius 1 is 0.735 bits per heavy atom. The Morgan fingerprint density at radius 3 is 1.94 bits per heavy atom. The number of halogens is 4. The van der Waals surface area contributed by atoms with Gasteiger partial charge in [0.05, 0.1) is 5.56 Å². The highest BCUT2D eigenvalue weighted by Crippen LogP contribution is 2.35. The van der Waals surface area contributed by atoms with Crippen LogP contribution in [0.4, 0.5) is 30.9 Å². The third kappa shape index (κ3) is 4.72. The molecule has 2 aliphatic heterocycles. The molecular formula is C23H23ClF3N7. The maximum Gasteiger partial charge on any atom is 0.419 e. The van der Waals surface area contributed by atoms with Crippen LogP contribution in [0.3, 0.4) is 0 Å². The molecule has 0 aliphatic carbocycles. The molecule has 7 nitrogen and oxygen atoms in total. The zero-order valence-corrected chi connectivity index (χ0v) is 19.1. The zero-order chi connectivity index (χ0) is 23.7. The average Bonchev–Trinajstić information content (AvgIpc) is 3.39. The third-order valence-electron chi connectivity index (χ3n) is 6.06. The monoisotopic (exact) mass is 489 g/mol. The Bertz CT molecular complexity index is 1140. The van der Waals surface area contributed by atoms with Crippen molar-refractivity contribution in [1.82, 2.24) is 19.9 Å². The molecule has 34 heavy (non-hydrogen) atoms. The van der Waals surface area contributed by atoms with E-state index in [1.165, 1.54) is 12.3 Å². The van der Waals surface area contributed by atoms with E-state index in [9.17, 15) is 13.2 Å². The summed E-state index contributed by atoms with van der Waals surface area (Å²) in [5, 5.41) is 0.627. The fourth-order valence-corrected chi connectivity index (χ4v) is 4.40. The van der Waals surface area contributed by atoms with Gasteiger partial charge in [-0.05, 0) is 49.2 Å². The molecule has 0 unspecified atom stereocenters. The second kappa shape index (κ2) is 9.25. The maximum atomic E-state index is 13.5. The SMILES string of the molecule is FC(F)(F)c1cccnc1N1CCN(c2nc(-c3ccc(Cl)cc3)nc(N3CCCC3)n2)CC1. The van der Waals surface area contributed by atoms with E-state index in [1.807, 2.05) is 17.0 Å². The van der Waals surface area contributed by atoms with Crippen molar-refractivity contribution in [3.8, 4) is 11.4 Å². The van der Waals surface area contributed by atoms with Gasteiger partial charge in [-0.3, -0.25) is 0 Å². The highest BCUT2D eigenvalue weighted by Gasteiger charge is 2.36. The molecule has 2 fully saturated rings. The summed E-state index contributed by atoms with van der Waals surface area (Å²) in [7, 11) is 0. The van der Waals surface area contributed by atoms with Gasteiger partial charge in [-0.15, -0.1) is 0 Å². The normalized spacial score (nSPS) is 16.9. The van der Waals surface area contributed by atoms with Crippen molar-refractivity contribution in [2.24, 2.45) is 0 Å². The molecule has 0 radical (unpaired) electrons. The first-order valence-corrected chi connectivity index (χ1v) is 11.6. The van der Waals surface area contributed by atoms with E-state index in [2.05, 4.69) is 9.88 Å². The molecule has 0 bridgehead atoms. The van der Waals surface area contributed by atoms with E-state index >= 15 is 0 Å². The summed E-state index contributed by atoms with van der Waals surface area (Å²) in [6.45, 7) is 3.46. The molecule has 1 aromatic carbocycles. The minimum absolute atomic E-state index is 0.0371. The fourth-order valence-electron chi connectivity index (χ4n) is 4.27. The molecule has 178 valence electrons. The number of anilines is 3. The number of piperazine rings is 1. The van der Waals surface area contributed by atoms with E-state index < -0.39 is 11.7 Å². The lowest BCUT2D eigenvalue weighted by molar-refractivity contribution is -0.137. The van der Waals surface area contributed by atoms with E-state index in [-0.39, 0.29) is 5.82 Å². The largest absolute Gasteiger partial charge is 0.419 e. The Kier molecular flexibility index (Phi) is 6.16. The van der Waals surface area contributed by atoms with Crippen molar-refractivity contribution in [3.63, 3.8) is 0 Å². The number of hydrogen-bond donors (Lipinski definition) is 0. The first-order valence-electron chi connectivity index (χ1n) is 11.2. The summed E-state index contributed by atoms with van der Waals surface area (Å²) in [4.78, 5) is 24.0. The topological polar surface area (TPSA) is 61.3 Å². The predicted molar refractivity (Wildman–Crippen MR) is 125 cm³/mol. The minimum Gasteiger partial charge on any atom is -0.353 e. The molecule has 2 aromatic heterocycles. The average molecular weight is 490 g/mol. The summed E-state index contributed by atoms with van der Waals surface area (Å²) in [6, 6.07) is 9.70. The highest BCUT2D eigenvalue weighted by molar-refractivity contribution is 6.30. The van der Waals surface area contributed by atoms with Crippen LogP contribution in [0.15, 0.2) is 42.6 Å². The number of pyridine rings is 1. The molecule has 0 N–H and O–H groups in total. The van der Waals surface area contributed by atoms with Crippen LogP contribution in [0.25, 0.3) is 11.4 Å². The molecule has 3 aromatic rings. The van der Waals surface area contributed by atoms with Gasteiger partial charge in [0.2, 0.25) is 11.9 Å². The van der Waals surface area contributed by atoms with Gasteiger partial charge in [0, 0.05) is 56.1 Å². The van der Waals surface area contributed by atoms with E-state index in [0.29, 0.717) is 48.9 Å². The van der Waals surface area contributed by atoms with Crippen LogP contribution in [0, 0.1) is 0 Å². The summed E-state index contributed by atoms with van der Waals surface area (Å²) in [5.74, 6) is 1.66. The van der Waals surface area contributed by atoms with Crippen molar-refractivity contribution in [2.45, 2.75) is 19.0 Å². The Labute approximate surface area is 200 Å². The summed E-state index contributed by atoms with van der Waals surface area (Å²) in [5.41, 5.74) is 0.111. The Hall–Kier alpha value is -3.14. The molecule has 0 spiro atoms. The second-order valence-electron chi connectivity index (χ2n) is 8.31. The predicted octanol–water partition coefficient (Wildman–Crippen LogP) is 4.53. The van der Waals surface area contributed by atoms with Crippen LogP contribution in [-0.4, -0.2) is 59.2 Å². The number of nitrogens with zero attached hydrogens (tertiary/aromatic N) is 7. The van der Waals surface area contributed by atoms with Gasteiger partial charge in [0.15, 0.2) is 5.82 Å². The lowest BCUT2D eigenvalue weighted by Gasteiger charge is -2.36. The highest BCUT2D eigenvalue weighted by atomic mass is 35.5. The maximum absolute atomic E-state index is 13.5. The van der Waals surface area contributed by atoms with Gasteiger partial charge >= 0.3 is 6.18 Å². The van der Waals surface area contributed by atoms with Crippen molar-refractivity contribution in [1.29, 1.82) is 0 Å². The molecule has 2 saturated heterocycles. The van der Waals surface area contributed by atoms with Gasteiger partial charge in [0.1, 0.15) is 5.82 Å². The first kappa shape index (κ1) is 22.6. The minimum atomic E-state index is -4.45. The smallest absolute Gasteiger partial charge is 0.353 e. The van der Waals surface area contributed by atoms with Gasteiger partial charge in [-0.1, -0.05) is 11.6 Å². The van der Waals surface area contributed by atoms with Crippen molar-refractivity contribution in [2.75, 3.05) is 54.0 Å². The Morgan fingerprint density at radius 2 is 1.32 bits per heavy atom. The van der Waals surface area contributed by atoms with Crippen LogP contribution in [-0.2, 0) is 6.18 Å². The van der Waals surface area contributed by atoms with E-state index in [0.717, 1.165) is 37.6 Å². The van der Waals surface area contributed by atoms with Gasteiger partial charge in [0.25, 0.3) is 0 Å². The molecular weight excluding hydrogens is 467 g/mol. The van der Waals surface area contributed by atoms with E-state index in [4.69, 9.17) is 26.6 Å². The first-order chi connectivity index (χ1) is 16.4. The quantitative estimate of drug-likeness (QED) is 0.533. The van der Waals surface area contributed by atoms with Crippen LogP contribution in [0.5, 0.6) is 0 Å². The molecule has 5 rings (SSSR count). The number of aromatic nitrogens is 4. The number of benzene rings is 1. The molecule has 0 saturated carbocycles. The van der Waals surface area contributed by atoms with Crippen molar-refractivity contribution < 1.29 is 13.2 Å². The number of rotatable bonds is 4.